The molecule has 0 saturated carbocycles. The lowest BCUT2D eigenvalue weighted by atomic mass is 9.99. The van der Waals surface area contributed by atoms with Gasteiger partial charge >= 0.3 is 0 Å². The van der Waals surface area contributed by atoms with Crippen LogP contribution in [0, 0.1) is 0 Å². The van der Waals surface area contributed by atoms with Gasteiger partial charge in [-0.05, 0) is 60.2 Å². The minimum atomic E-state index is -0.319. The molecule has 41 heavy (non-hydrogen) atoms. The number of hydrogen-bond donors (Lipinski definition) is 3. The summed E-state index contributed by atoms with van der Waals surface area (Å²) in [6.07, 6.45) is 2.94. The van der Waals surface area contributed by atoms with E-state index >= 15 is 0 Å². The average molecular weight is 550 g/mol. The summed E-state index contributed by atoms with van der Waals surface area (Å²) in [5.74, 6) is -0.0195. The number of benzene rings is 3. The topological polar surface area (TPSA) is 120 Å². The van der Waals surface area contributed by atoms with Gasteiger partial charge in [-0.2, -0.15) is 0 Å². The third-order valence-electron chi connectivity index (χ3n) is 6.88. The summed E-state index contributed by atoms with van der Waals surface area (Å²) in [6, 6.07) is 19.0. The Morgan fingerprint density at radius 1 is 0.902 bits per heavy atom. The third kappa shape index (κ3) is 6.33. The molecule has 10 nitrogen and oxygen atoms in total. The van der Waals surface area contributed by atoms with Crippen LogP contribution in [0.25, 0.3) is 22.0 Å². The monoisotopic (exact) mass is 549 g/mol. The fraction of sp³-hybridized carbons (Fsp3) is 0.194. The fourth-order valence-corrected chi connectivity index (χ4v) is 4.85. The van der Waals surface area contributed by atoms with Crippen LogP contribution in [-0.2, 0) is 14.4 Å². The lowest BCUT2D eigenvalue weighted by Gasteiger charge is -2.35. The second kappa shape index (κ2) is 11.9. The number of carbonyl (C=O) groups is 3. The highest BCUT2D eigenvalue weighted by atomic mass is 16.2. The van der Waals surface area contributed by atoms with Crippen LogP contribution in [0.2, 0.25) is 0 Å². The number of nitrogens with one attached hydrogen (secondary N) is 3. The number of anilines is 5. The quantitative estimate of drug-likeness (QED) is 0.284. The van der Waals surface area contributed by atoms with E-state index in [4.69, 9.17) is 4.98 Å². The van der Waals surface area contributed by atoms with Gasteiger partial charge in [0.25, 0.3) is 0 Å². The van der Waals surface area contributed by atoms with Crippen molar-refractivity contribution in [3.05, 3.63) is 79.5 Å². The molecule has 3 N–H and O–H groups in total. The van der Waals surface area contributed by atoms with Crippen LogP contribution in [0.15, 0.2) is 79.5 Å². The minimum Gasteiger partial charge on any atom is -0.368 e. The van der Waals surface area contributed by atoms with Crippen LogP contribution in [0.1, 0.15) is 13.8 Å². The van der Waals surface area contributed by atoms with Crippen molar-refractivity contribution in [1.82, 2.24) is 14.9 Å². The lowest BCUT2D eigenvalue weighted by molar-refractivity contribution is -0.129. The van der Waals surface area contributed by atoms with Gasteiger partial charge in [-0.25, -0.2) is 9.97 Å². The first kappa shape index (κ1) is 27.3. The van der Waals surface area contributed by atoms with E-state index < -0.39 is 0 Å². The molecule has 5 rings (SSSR count). The van der Waals surface area contributed by atoms with E-state index in [9.17, 15) is 14.4 Å². The Kier molecular flexibility index (Phi) is 7.91. The summed E-state index contributed by atoms with van der Waals surface area (Å²) >= 11 is 0. The molecule has 3 aromatic carbocycles. The van der Waals surface area contributed by atoms with Crippen LogP contribution in [0.3, 0.4) is 0 Å². The molecule has 0 atom stereocenters. The van der Waals surface area contributed by atoms with Crippen LogP contribution >= 0.6 is 0 Å². The summed E-state index contributed by atoms with van der Waals surface area (Å²) in [7, 11) is 0. The van der Waals surface area contributed by atoms with E-state index in [1.54, 1.807) is 19.2 Å². The van der Waals surface area contributed by atoms with Crippen LogP contribution in [0.5, 0.6) is 0 Å². The van der Waals surface area contributed by atoms with Gasteiger partial charge in [-0.3, -0.25) is 14.4 Å². The summed E-state index contributed by atoms with van der Waals surface area (Å²) < 4.78 is 0. The van der Waals surface area contributed by atoms with Crippen molar-refractivity contribution >= 4 is 57.3 Å². The first-order valence-electron chi connectivity index (χ1n) is 13.3. The zero-order chi connectivity index (χ0) is 28.9. The maximum Gasteiger partial charge on any atom is 0.247 e. The number of fused-ring (bicyclic) bond motifs is 1. The fourth-order valence-electron chi connectivity index (χ4n) is 4.85. The molecule has 1 fully saturated rings. The number of aromatic nitrogens is 2. The van der Waals surface area contributed by atoms with Gasteiger partial charge in [-0.15, -0.1) is 0 Å². The molecule has 208 valence electrons. The summed E-state index contributed by atoms with van der Waals surface area (Å²) in [6.45, 7) is 9.58. The summed E-state index contributed by atoms with van der Waals surface area (Å²) in [4.78, 5) is 49.0. The first-order valence-corrected chi connectivity index (χ1v) is 13.3. The zero-order valence-electron chi connectivity index (χ0n) is 23.0. The Bertz CT molecular complexity index is 1630. The molecule has 1 aliphatic heterocycles. The molecule has 2 heterocycles. The van der Waals surface area contributed by atoms with E-state index in [1.807, 2.05) is 59.5 Å². The second-order valence-electron chi connectivity index (χ2n) is 9.74. The van der Waals surface area contributed by atoms with E-state index in [0.29, 0.717) is 41.5 Å². The molecule has 1 aliphatic rings. The van der Waals surface area contributed by atoms with Crippen molar-refractivity contribution in [1.29, 1.82) is 0 Å². The van der Waals surface area contributed by atoms with Crippen molar-refractivity contribution in [3.63, 3.8) is 0 Å². The average Bonchev–Trinajstić information content (AvgIpc) is 2.97. The maximum atomic E-state index is 12.0. The summed E-state index contributed by atoms with van der Waals surface area (Å²) in [5.41, 5.74) is 5.20. The Hall–Kier alpha value is -5.25. The van der Waals surface area contributed by atoms with Crippen LogP contribution < -0.4 is 20.9 Å². The van der Waals surface area contributed by atoms with Crippen LogP contribution in [0.4, 0.5) is 28.7 Å². The predicted octanol–water partition coefficient (Wildman–Crippen LogP) is 4.79. The Morgan fingerprint density at radius 2 is 1.66 bits per heavy atom. The lowest BCUT2D eigenvalue weighted by Crippen LogP contribution is -2.48. The van der Waals surface area contributed by atoms with Crippen molar-refractivity contribution in [2.24, 2.45) is 0 Å². The Labute approximate surface area is 238 Å². The molecule has 3 amide bonds. The molecule has 10 heteroatoms. The molecule has 0 bridgehead atoms. The molecule has 0 unspecified atom stereocenters. The Balaban J connectivity index is 1.44. The van der Waals surface area contributed by atoms with Gasteiger partial charge in [-0.1, -0.05) is 18.7 Å². The minimum absolute atomic E-state index is 0.110. The van der Waals surface area contributed by atoms with Gasteiger partial charge < -0.3 is 25.8 Å². The molecular formula is C31H31N7O3. The highest BCUT2D eigenvalue weighted by Gasteiger charge is 2.19. The van der Waals surface area contributed by atoms with Crippen molar-refractivity contribution in [2.75, 3.05) is 47.0 Å². The number of nitrogens with zero attached hydrogens (tertiary/aromatic N) is 4. The molecular weight excluding hydrogens is 518 g/mol. The standard InChI is InChI=1S/C31H31N7O3/c1-4-28(41)34-25-7-5-6-22(18-25)29-27(33-20(2)39)13-8-23-19-32-31(36-30(23)29)35-24-9-11-26(12-10-24)38-16-14-37(15-17-38)21(3)40/h4-13,18-19H,1,14-17H2,2-3H3,(H,33,39)(H,34,41)(H,32,35,36). The second-order valence-corrected chi connectivity index (χ2v) is 9.74. The molecule has 0 spiro atoms. The molecule has 1 saturated heterocycles. The molecule has 0 aliphatic carbocycles. The van der Waals surface area contributed by atoms with E-state index in [-0.39, 0.29) is 17.7 Å². The zero-order valence-corrected chi connectivity index (χ0v) is 23.0. The maximum absolute atomic E-state index is 12.0. The molecule has 4 aromatic rings. The predicted molar refractivity (Wildman–Crippen MR) is 162 cm³/mol. The number of amides is 3. The normalized spacial score (nSPS) is 13.0. The highest BCUT2D eigenvalue weighted by molar-refractivity contribution is 6.06. The largest absolute Gasteiger partial charge is 0.368 e. The van der Waals surface area contributed by atoms with E-state index in [0.717, 1.165) is 35.4 Å². The SMILES string of the molecule is C=CC(=O)Nc1cccc(-c2c(NC(C)=O)ccc3cnc(Nc4ccc(N5CCN(C(C)=O)CC5)cc4)nc23)c1. The van der Waals surface area contributed by atoms with Crippen LogP contribution in [-0.4, -0.2) is 58.8 Å². The number of piperazine rings is 1. The van der Waals surface area contributed by atoms with Crippen molar-refractivity contribution in [2.45, 2.75) is 13.8 Å². The van der Waals surface area contributed by atoms with Gasteiger partial charge in [0.2, 0.25) is 23.7 Å². The number of rotatable bonds is 7. The molecule has 1 aromatic heterocycles. The van der Waals surface area contributed by atoms with E-state index in [1.165, 1.54) is 13.0 Å². The van der Waals surface area contributed by atoms with Crippen molar-refractivity contribution < 1.29 is 14.4 Å². The van der Waals surface area contributed by atoms with Gasteiger partial charge in [0, 0.05) is 74.2 Å². The third-order valence-corrected chi connectivity index (χ3v) is 6.88. The first-order chi connectivity index (χ1) is 19.8. The molecule has 0 radical (unpaired) electrons. The summed E-state index contributed by atoms with van der Waals surface area (Å²) in [5, 5.41) is 9.76. The number of hydrogen-bond acceptors (Lipinski definition) is 7. The Morgan fingerprint density at radius 3 is 2.34 bits per heavy atom. The smallest absolute Gasteiger partial charge is 0.247 e. The van der Waals surface area contributed by atoms with Gasteiger partial charge in [0.05, 0.1) is 11.2 Å². The van der Waals surface area contributed by atoms with Gasteiger partial charge in [0.15, 0.2) is 0 Å². The van der Waals surface area contributed by atoms with Crippen molar-refractivity contribution in [3.8, 4) is 11.1 Å². The van der Waals surface area contributed by atoms with Gasteiger partial charge in [0.1, 0.15) is 0 Å². The highest BCUT2D eigenvalue weighted by Crippen LogP contribution is 2.36. The number of carbonyl (C=O) groups excluding carboxylic acids is 3. The van der Waals surface area contributed by atoms with E-state index in [2.05, 4.69) is 32.4 Å².